The molecule has 6 heteroatoms. The molecule has 0 saturated carbocycles. The molecule has 0 spiro atoms. The number of anilines is 1. The summed E-state index contributed by atoms with van der Waals surface area (Å²) in [6.45, 7) is 2.19. The molecule has 4 aromatic rings. The molecule has 0 radical (unpaired) electrons. The van der Waals surface area contributed by atoms with Crippen molar-refractivity contribution in [2.45, 2.75) is 13.5 Å². The predicted octanol–water partition coefficient (Wildman–Crippen LogP) is 3.83. The summed E-state index contributed by atoms with van der Waals surface area (Å²) in [5.41, 5.74) is 4.28. The topological polar surface area (TPSA) is 83.6 Å². The molecule has 0 aliphatic rings. The summed E-state index contributed by atoms with van der Waals surface area (Å²) in [6.07, 6.45) is 7.01. The van der Waals surface area contributed by atoms with Crippen LogP contribution >= 0.6 is 0 Å². The molecule has 128 valence electrons. The molecular weight excluding hydrogens is 326 g/mol. The molecule has 0 amide bonds. The van der Waals surface area contributed by atoms with Gasteiger partial charge in [0.15, 0.2) is 5.78 Å². The minimum atomic E-state index is 0.00489. The Morgan fingerprint density at radius 1 is 1.15 bits per heavy atom. The van der Waals surface area contributed by atoms with Gasteiger partial charge in [0.1, 0.15) is 11.5 Å². The van der Waals surface area contributed by atoms with Gasteiger partial charge in [0.2, 0.25) is 0 Å². The van der Waals surface area contributed by atoms with E-state index in [0.717, 1.165) is 33.7 Å². The molecule has 0 aliphatic carbocycles. The van der Waals surface area contributed by atoms with Crippen LogP contribution in [0, 0.1) is 0 Å². The molecule has 0 atom stereocenters. The van der Waals surface area contributed by atoms with Crippen LogP contribution in [0.15, 0.2) is 61.2 Å². The third-order valence-electron chi connectivity index (χ3n) is 4.20. The Balaban J connectivity index is 1.69. The summed E-state index contributed by atoms with van der Waals surface area (Å²) in [4.78, 5) is 27.7. The van der Waals surface area contributed by atoms with Gasteiger partial charge in [0.25, 0.3) is 0 Å². The number of pyridine rings is 3. The van der Waals surface area contributed by atoms with Gasteiger partial charge in [-0.3, -0.25) is 14.8 Å². The smallest absolute Gasteiger partial charge is 0.161 e. The molecule has 4 heterocycles. The lowest BCUT2D eigenvalue weighted by molar-refractivity contribution is 0.101. The lowest BCUT2D eigenvalue weighted by Crippen LogP contribution is -2.02. The highest BCUT2D eigenvalue weighted by molar-refractivity contribution is 5.96. The zero-order chi connectivity index (χ0) is 17.9. The molecule has 4 rings (SSSR count). The minimum absolute atomic E-state index is 0.00489. The second kappa shape index (κ2) is 6.76. The van der Waals surface area contributed by atoms with E-state index in [1.54, 1.807) is 24.7 Å². The van der Waals surface area contributed by atoms with Crippen molar-refractivity contribution >= 4 is 22.6 Å². The minimum Gasteiger partial charge on any atom is -0.366 e. The zero-order valence-electron chi connectivity index (χ0n) is 14.2. The molecule has 0 saturated heterocycles. The highest BCUT2D eigenvalue weighted by atomic mass is 16.1. The van der Waals surface area contributed by atoms with Crippen LogP contribution in [-0.2, 0) is 6.54 Å². The Morgan fingerprint density at radius 2 is 2.00 bits per heavy atom. The van der Waals surface area contributed by atoms with Crippen LogP contribution in [0.5, 0.6) is 0 Å². The second-order valence-electron chi connectivity index (χ2n) is 5.99. The summed E-state index contributed by atoms with van der Waals surface area (Å²) in [5.74, 6) is 0.759. The van der Waals surface area contributed by atoms with E-state index in [2.05, 4.69) is 25.3 Å². The van der Waals surface area contributed by atoms with Gasteiger partial charge in [-0.15, -0.1) is 0 Å². The van der Waals surface area contributed by atoms with E-state index in [1.807, 2.05) is 36.5 Å². The van der Waals surface area contributed by atoms with Crippen LogP contribution in [0.25, 0.3) is 22.3 Å². The van der Waals surface area contributed by atoms with Gasteiger partial charge < -0.3 is 10.3 Å². The molecule has 0 fully saturated rings. The highest BCUT2D eigenvalue weighted by Crippen LogP contribution is 2.28. The second-order valence-corrected chi connectivity index (χ2v) is 5.99. The molecule has 0 aromatic carbocycles. The first-order valence-electron chi connectivity index (χ1n) is 8.29. The summed E-state index contributed by atoms with van der Waals surface area (Å²) in [7, 11) is 0. The van der Waals surface area contributed by atoms with E-state index in [1.165, 1.54) is 6.92 Å². The van der Waals surface area contributed by atoms with Gasteiger partial charge in [-0.05, 0) is 48.9 Å². The first-order valence-corrected chi connectivity index (χ1v) is 8.29. The molecule has 6 nitrogen and oxygen atoms in total. The van der Waals surface area contributed by atoms with E-state index in [9.17, 15) is 4.79 Å². The van der Waals surface area contributed by atoms with Crippen molar-refractivity contribution in [3.63, 3.8) is 0 Å². The van der Waals surface area contributed by atoms with Gasteiger partial charge in [-0.25, -0.2) is 4.98 Å². The SMILES string of the molecule is CC(=O)c1ccc(-c2cc(NCc3ccncc3)nc3[nH]ccc23)nc1. The van der Waals surface area contributed by atoms with Crippen molar-refractivity contribution in [2.75, 3.05) is 5.32 Å². The fourth-order valence-electron chi connectivity index (χ4n) is 2.79. The number of aromatic amines is 1. The van der Waals surface area contributed by atoms with Gasteiger partial charge in [-0.1, -0.05) is 0 Å². The van der Waals surface area contributed by atoms with E-state index >= 15 is 0 Å². The van der Waals surface area contributed by atoms with Crippen molar-refractivity contribution in [1.29, 1.82) is 0 Å². The molecule has 2 N–H and O–H groups in total. The van der Waals surface area contributed by atoms with Gasteiger partial charge >= 0.3 is 0 Å². The number of ketones is 1. The molecule has 0 unspecified atom stereocenters. The van der Waals surface area contributed by atoms with Crippen LogP contribution in [-0.4, -0.2) is 25.7 Å². The average Bonchev–Trinajstić information content (AvgIpc) is 3.15. The number of carbonyl (C=O) groups is 1. The fourth-order valence-corrected chi connectivity index (χ4v) is 2.79. The van der Waals surface area contributed by atoms with Crippen LogP contribution in [0.2, 0.25) is 0 Å². The van der Waals surface area contributed by atoms with E-state index in [4.69, 9.17) is 0 Å². The third kappa shape index (κ3) is 3.17. The van der Waals surface area contributed by atoms with Gasteiger partial charge in [0, 0.05) is 47.8 Å². The number of nitrogens with one attached hydrogen (secondary N) is 2. The zero-order valence-corrected chi connectivity index (χ0v) is 14.2. The summed E-state index contributed by atoms with van der Waals surface area (Å²) in [6, 6.07) is 11.5. The summed E-state index contributed by atoms with van der Waals surface area (Å²) >= 11 is 0. The van der Waals surface area contributed by atoms with Crippen LogP contribution in [0.4, 0.5) is 5.82 Å². The first-order chi connectivity index (χ1) is 12.7. The maximum Gasteiger partial charge on any atom is 0.161 e. The quantitative estimate of drug-likeness (QED) is 0.538. The number of nitrogens with zero attached hydrogens (tertiary/aromatic N) is 3. The van der Waals surface area contributed by atoms with E-state index in [0.29, 0.717) is 12.1 Å². The lowest BCUT2D eigenvalue weighted by atomic mass is 10.1. The number of hydrogen-bond donors (Lipinski definition) is 2. The highest BCUT2D eigenvalue weighted by Gasteiger charge is 2.11. The number of H-pyrrole nitrogens is 1. The Morgan fingerprint density at radius 3 is 2.73 bits per heavy atom. The van der Waals surface area contributed by atoms with E-state index in [-0.39, 0.29) is 5.78 Å². The molecule has 4 aromatic heterocycles. The average molecular weight is 343 g/mol. The van der Waals surface area contributed by atoms with Crippen molar-refractivity contribution < 1.29 is 4.79 Å². The molecular formula is C20H17N5O. The Labute approximate surface area is 150 Å². The Kier molecular flexibility index (Phi) is 4.15. The van der Waals surface area contributed by atoms with E-state index < -0.39 is 0 Å². The van der Waals surface area contributed by atoms with Gasteiger partial charge in [0.05, 0.1) is 5.69 Å². The molecule has 0 aliphatic heterocycles. The Hall–Kier alpha value is -3.54. The Bertz CT molecular complexity index is 1050. The van der Waals surface area contributed by atoms with Crippen LogP contribution < -0.4 is 5.32 Å². The van der Waals surface area contributed by atoms with Crippen molar-refractivity contribution in [1.82, 2.24) is 19.9 Å². The van der Waals surface area contributed by atoms with Crippen molar-refractivity contribution in [3.8, 4) is 11.3 Å². The van der Waals surface area contributed by atoms with Crippen LogP contribution in [0.3, 0.4) is 0 Å². The summed E-state index contributed by atoms with van der Waals surface area (Å²) < 4.78 is 0. The fraction of sp³-hybridized carbons (Fsp3) is 0.100. The maximum atomic E-state index is 11.5. The monoisotopic (exact) mass is 343 g/mol. The summed E-state index contributed by atoms with van der Waals surface area (Å²) in [5, 5.41) is 4.33. The maximum absolute atomic E-state index is 11.5. The number of aromatic nitrogens is 4. The predicted molar refractivity (Wildman–Crippen MR) is 101 cm³/mol. The molecule has 26 heavy (non-hydrogen) atoms. The standard InChI is InChI=1S/C20H17N5O/c1-13(26)15-2-3-18(23-12-15)17-10-19(25-20-16(17)6-9-22-20)24-11-14-4-7-21-8-5-14/h2-10,12H,11H2,1H3,(H2,22,24,25). The number of rotatable bonds is 5. The molecule has 0 bridgehead atoms. The number of Topliss-reactive ketones (excluding diaryl/α,β-unsaturated/α-hetero) is 1. The van der Waals surface area contributed by atoms with Crippen molar-refractivity contribution in [3.05, 3.63) is 72.3 Å². The lowest BCUT2D eigenvalue weighted by Gasteiger charge is -2.09. The number of carbonyl (C=O) groups excluding carboxylic acids is 1. The third-order valence-corrected chi connectivity index (χ3v) is 4.20. The number of fused-ring (bicyclic) bond motifs is 1. The first kappa shape index (κ1) is 16.0. The van der Waals surface area contributed by atoms with Crippen molar-refractivity contribution in [2.24, 2.45) is 0 Å². The largest absolute Gasteiger partial charge is 0.366 e. The van der Waals surface area contributed by atoms with Crippen LogP contribution in [0.1, 0.15) is 22.8 Å². The normalized spacial score (nSPS) is 10.8. The number of hydrogen-bond acceptors (Lipinski definition) is 5. The van der Waals surface area contributed by atoms with Gasteiger partial charge in [-0.2, -0.15) is 0 Å².